The number of nitrogens with zero attached hydrogens (tertiary/aromatic N) is 6. The van der Waals surface area contributed by atoms with Gasteiger partial charge in [-0.1, -0.05) is 6.07 Å². The van der Waals surface area contributed by atoms with Gasteiger partial charge in [0.2, 0.25) is 0 Å². The average Bonchev–Trinajstić information content (AvgIpc) is 3.34. The predicted octanol–water partition coefficient (Wildman–Crippen LogP) is 2.03. The molecule has 0 aromatic carbocycles. The second-order valence-corrected chi connectivity index (χ2v) is 5.64. The third-order valence-electron chi connectivity index (χ3n) is 4.16. The first-order valence-corrected chi connectivity index (χ1v) is 7.85. The normalized spacial score (nSPS) is 17.2. The predicted molar refractivity (Wildman–Crippen MR) is 86.4 cm³/mol. The molecule has 0 radical (unpaired) electrons. The summed E-state index contributed by atoms with van der Waals surface area (Å²) in [5.74, 6) is 0.698. The second-order valence-electron chi connectivity index (χ2n) is 5.64. The van der Waals surface area contributed by atoms with E-state index in [1.165, 1.54) is 12.4 Å². The second kappa shape index (κ2) is 6.19. The first kappa shape index (κ1) is 14.5. The molecule has 4 rings (SSSR count). The highest BCUT2D eigenvalue weighted by atomic mass is 16.2. The molecule has 0 aliphatic carbocycles. The van der Waals surface area contributed by atoms with Gasteiger partial charge in [0.15, 0.2) is 0 Å². The highest BCUT2D eigenvalue weighted by molar-refractivity contribution is 5.92. The van der Waals surface area contributed by atoms with Crippen molar-refractivity contribution < 1.29 is 4.79 Å². The minimum absolute atomic E-state index is 0.0389. The molecule has 1 saturated heterocycles. The van der Waals surface area contributed by atoms with Crippen molar-refractivity contribution in [2.75, 3.05) is 6.54 Å². The van der Waals surface area contributed by atoms with Crippen LogP contribution in [0.5, 0.6) is 0 Å². The molecule has 0 saturated carbocycles. The van der Waals surface area contributed by atoms with E-state index < -0.39 is 0 Å². The van der Waals surface area contributed by atoms with Crippen LogP contribution in [0.4, 0.5) is 0 Å². The van der Waals surface area contributed by atoms with Crippen LogP contribution in [0.3, 0.4) is 0 Å². The zero-order chi connectivity index (χ0) is 16.4. The van der Waals surface area contributed by atoms with Gasteiger partial charge in [0.25, 0.3) is 5.91 Å². The number of aromatic nitrogens is 5. The van der Waals surface area contributed by atoms with Crippen LogP contribution in [0.1, 0.15) is 35.1 Å². The number of imidazole rings is 1. The van der Waals surface area contributed by atoms with Crippen LogP contribution in [0.2, 0.25) is 0 Å². The Balaban J connectivity index is 1.64. The van der Waals surface area contributed by atoms with E-state index in [-0.39, 0.29) is 11.9 Å². The number of rotatable bonds is 3. The lowest BCUT2D eigenvalue weighted by Crippen LogP contribution is -2.31. The minimum atomic E-state index is -0.0968. The first-order chi connectivity index (χ1) is 11.8. The van der Waals surface area contributed by atoms with Crippen LogP contribution in [0.15, 0.2) is 55.5 Å². The Morgan fingerprint density at radius 3 is 2.92 bits per heavy atom. The van der Waals surface area contributed by atoms with Crippen LogP contribution in [0.25, 0.3) is 5.82 Å². The number of hydrogen-bond acceptors (Lipinski definition) is 5. The lowest BCUT2D eigenvalue weighted by molar-refractivity contribution is 0.0726. The lowest BCUT2D eigenvalue weighted by Gasteiger charge is -2.24. The van der Waals surface area contributed by atoms with E-state index in [0.717, 1.165) is 24.4 Å². The van der Waals surface area contributed by atoms with Gasteiger partial charge >= 0.3 is 0 Å². The molecule has 1 fully saturated rings. The summed E-state index contributed by atoms with van der Waals surface area (Å²) in [6, 6.07) is 5.81. The summed E-state index contributed by atoms with van der Waals surface area (Å²) in [5, 5.41) is 0. The average molecular weight is 320 g/mol. The van der Waals surface area contributed by atoms with Gasteiger partial charge in [0.05, 0.1) is 17.9 Å². The number of carbonyl (C=O) groups is 1. The van der Waals surface area contributed by atoms with Gasteiger partial charge in [-0.25, -0.2) is 15.0 Å². The van der Waals surface area contributed by atoms with Gasteiger partial charge < -0.3 is 4.90 Å². The molecule has 1 unspecified atom stereocenters. The van der Waals surface area contributed by atoms with Gasteiger partial charge in [-0.2, -0.15) is 0 Å². The summed E-state index contributed by atoms with van der Waals surface area (Å²) in [4.78, 5) is 31.4. The van der Waals surface area contributed by atoms with Crippen molar-refractivity contribution in [3.63, 3.8) is 0 Å². The number of hydrogen-bond donors (Lipinski definition) is 0. The van der Waals surface area contributed by atoms with E-state index in [1.54, 1.807) is 18.7 Å². The third kappa shape index (κ3) is 2.64. The van der Waals surface area contributed by atoms with Gasteiger partial charge in [-0.3, -0.25) is 14.3 Å². The highest BCUT2D eigenvalue weighted by Gasteiger charge is 2.32. The van der Waals surface area contributed by atoms with Gasteiger partial charge in [-0.05, 0) is 25.0 Å². The number of pyridine rings is 1. The Kier molecular flexibility index (Phi) is 3.74. The number of carbonyl (C=O) groups excluding carboxylic acids is 1. The molecule has 1 amide bonds. The van der Waals surface area contributed by atoms with Crippen LogP contribution < -0.4 is 0 Å². The molecule has 0 spiro atoms. The van der Waals surface area contributed by atoms with Gasteiger partial charge in [0, 0.05) is 31.3 Å². The Bertz CT molecular complexity index is 833. The maximum atomic E-state index is 12.7. The zero-order valence-electron chi connectivity index (χ0n) is 13.0. The molecule has 1 aliphatic rings. The largest absolute Gasteiger partial charge is 0.329 e. The number of amides is 1. The van der Waals surface area contributed by atoms with Crippen molar-refractivity contribution >= 4 is 5.91 Å². The van der Waals surface area contributed by atoms with Crippen LogP contribution in [-0.4, -0.2) is 41.9 Å². The fourth-order valence-electron chi connectivity index (χ4n) is 3.04. The van der Waals surface area contributed by atoms with E-state index in [9.17, 15) is 4.79 Å². The molecular formula is C17H16N6O. The minimum Gasteiger partial charge on any atom is -0.329 e. The van der Waals surface area contributed by atoms with Crippen molar-refractivity contribution in [2.24, 2.45) is 0 Å². The molecule has 24 heavy (non-hydrogen) atoms. The Morgan fingerprint density at radius 1 is 1.17 bits per heavy atom. The Hall–Kier alpha value is -3.09. The van der Waals surface area contributed by atoms with E-state index in [2.05, 4.69) is 15.0 Å². The molecule has 7 heteroatoms. The summed E-state index contributed by atoms with van der Waals surface area (Å²) in [5.41, 5.74) is 1.26. The molecule has 0 bridgehead atoms. The fraction of sp³-hybridized carbons (Fsp3) is 0.235. The Morgan fingerprint density at radius 2 is 2.12 bits per heavy atom. The maximum absolute atomic E-state index is 12.7. The molecule has 0 N–H and O–H groups in total. The van der Waals surface area contributed by atoms with Crippen molar-refractivity contribution in [3.05, 3.63) is 66.9 Å². The molecule has 3 aromatic rings. The fourth-order valence-corrected chi connectivity index (χ4v) is 3.04. The zero-order valence-corrected chi connectivity index (χ0v) is 13.0. The molecule has 7 nitrogen and oxygen atoms in total. The smallest absolute Gasteiger partial charge is 0.274 e. The molecule has 120 valence electrons. The van der Waals surface area contributed by atoms with E-state index in [1.807, 2.05) is 33.9 Å². The summed E-state index contributed by atoms with van der Waals surface area (Å²) < 4.78 is 1.85. The molecular weight excluding hydrogens is 304 g/mol. The van der Waals surface area contributed by atoms with Crippen molar-refractivity contribution in [1.82, 2.24) is 29.4 Å². The standard InChI is InChI=1S/C17H16N6O/c24-17(14-11-18-6-7-20-14)23-9-2-4-15(23)13-3-1-5-16(21-13)22-10-8-19-12-22/h1,3,5-8,10-12,15H,2,4,9H2. The Labute approximate surface area is 139 Å². The van der Waals surface area contributed by atoms with Crippen molar-refractivity contribution in [1.29, 1.82) is 0 Å². The summed E-state index contributed by atoms with van der Waals surface area (Å²) >= 11 is 0. The molecule has 4 heterocycles. The van der Waals surface area contributed by atoms with Crippen LogP contribution >= 0.6 is 0 Å². The quantitative estimate of drug-likeness (QED) is 0.738. The van der Waals surface area contributed by atoms with Gasteiger partial charge in [-0.15, -0.1) is 0 Å². The highest BCUT2D eigenvalue weighted by Crippen LogP contribution is 2.32. The van der Waals surface area contributed by atoms with Crippen LogP contribution in [-0.2, 0) is 0 Å². The molecule has 1 aliphatic heterocycles. The summed E-state index contributed by atoms with van der Waals surface area (Å²) in [6.45, 7) is 0.705. The molecule has 1 atom stereocenters. The topological polar surface area (TPSA) is 76.8 Å². The third-order valence-corrected chi connectivity index (χ3v) is 4.16. The molecule has 3 aromatic heterocycles. The van der Waals surface area contributed by atoms with Crippen molar-refractivity contribution in [2.45, 2.75) is 18.9 Å². The monoisotopic (exact) mass is 320 g/mol. The van der Waals surface area contributed by atoms with Gasteiger partial charge in [0.1, 0.15) is 17.8 Å². The van der Waals surface area contributed by atoms with E-state index in [4.69, 9.17) is 4.98 Å². The van der Waals surface area contributed by atoms with E-state index in [0.29, 0.717) is 12.2 Å². The SMILES string of the molecule is O=C(c1cnccn1)N1CCCC1c1cccc(-n2ccnc2)n1. The maximum Gasteiger partial charge on any atom is 0.274 e. The van der Waals surface area contributed by atoms with Crippen LogP contribution in [0, 0.1) is 0 Å². The summed E-state index contributed by atoms with van der Waals surface area (Å²) in [7, 11) is 0. The van der Waals surface area contributed by atoms with Crippen molar-refractivity contribution in [3.8, 4) is 5.82 Å². The first-order valence-electron chi connectivity index (χ1n) is 7.85. The van der Waals surface area contributed by atoms with E-state index >= 15 is 0 Å². The number of likely N-dealkylation sites (tertiary alicyclic amines) is 1. The lowest BCUT2D eigenvalue weighted by atomic mass is 10.1. The summed E-state index contributed by atoms with van der Waals surface area (Å²) in [6.07, 6.45) is 11.7.